The summed E-state index contributed by atoms with van der Waals surface area (Å²) in [7, 11) is 1.58. The first kappa shape index (κ1) is 14.3. The molecule has 0 amide bonds. The Labute approximate surface area is 124 Å². The molecule has 2 aliphatic heterocycles. The Kier molecular flexibility index (Phi) is 4.06. The summed E-state index contributed by atoms with van der Waals surface area (Å²) in [6, 6.07) is 7.67. The Morgan fingerprint density at radius 3 is 2.76 bits per heavy atom. The third kappa shape index (κ3) is 2.72. The normalized spacial score (nSPS) is 25.4. The minimum atomic E-state index is -0.195. The van der Waals surface area contributed by atoms with Gasteiger partial charge in [-0.05, 0) is 54.5 Å². The fourth-order valence-electron chi connectivity index (χ4n) is 3.49. The lowest BCUT2D eigenvalue weighted by atomic mass is 9.86. The number of nitrogens with one attached hydrogen (secondary N) is 1. The average Bonchev–Trinajstić information content (AvgIpc) is 2.88. The molecular formula is C17H21FN2O. The first-order valence-electron chi connectivity index (χ1n) is 7.58. The van der Waals surface area contributed by atoms with Crippen molar-refractivity contribution in [3.05, 3.63) is 41.2 Å². The summed E-state index contributed by atoms with van der Waals surface area (Å²) in [5, 5.41) is 7.88. The van der Waals surface area contributed by atoms with Crippen molar-refractivity contribution >= 4 is 11.3 Å². The van der Waals surface area contributed by atoms with Crippen LogP contribution in [0.3, 0.4) is 0 Å². The highest BCUT2D eigenvalue weighted by atomic mass is 19.1. The van der Waals surface area contributed by atoms with Crippen LogP contribution < -0.4 is 5.32 Å². The summed E-state index contributed by atoms with van der Waals surface area (Å²) < 4.78 is 13.2. The predicted octanol–water partition coefficient (Wildman–Crippen LogP) is 3.52. The molecule has 1 aromatic carbocycles. The van der Waals surface area contributed by atoms with Gasteiger partial charge in [-0.25, -0.2) is 4.39 Å². The second-order valence-corrected chi connectivity index (χ2v) is 5.67. The van der Waals surface area contributed by atoms with Crippen molar-refractivity contribution in [1.82, 2.24) is 5.32 Å². The van der Waals surface area contributed by atoms with Crippen molar-refractivity contribution < 1.29 is 9.23 Å². The summed E-state index contributed by atoms with van der Waals surface area (Å²) in [6.45, 7) is 2.09. The van der Waals surface area contributed by atoms with E-state index in [9.17, 15) is 4.39 Å². The Bertz CT molecular complexity index is 577. The van der Waals surface area contributed by atoms with Crippen molar-refractivity contribution in [2.45, 2.75) is 44.7 Å². The topological polar surface area (TPSA) is 33.6 Å². The zero-order chi connectivity index (χ0) is 14.8. The van der Waals surface area contributed by atoms with E-state index in [4.69, 9.17) is 4.84 Å². The molecule has 1 aromatic rings. The van der Waals surface area contributed by atoms with Gasteiger partial charge in [0.05, 0.1) is 5.71 Å². The van der Waals surface area contributed by atoms with E-state index in [2.05, 4.69) is 17.4 Å². The zero-order valence-corrected chi connectivity index (χ0v) is 12.5. The first-order valence-corrected chi connectivity index (χ1v) is 7.58. The van der Waals surface area contributed by atoms with Gasteiger partial charge in [-0.3, -0.25) is 0 Å². The van der Waals surface area contributed by atoms with Gasteiger partial charge in [0.2, 0.25) is 0 Å². The Morgan fingerprint density at radius 1 is 1.33 bits per heavy atom. The number of hydrogen-bond acceptors (Lipinski definition) is 3. The molecule has 4 heteroatoms. The molecule has 2 aliphatic rings. The van der Waals surface area contributed by atoms with Gasteiger partial charge in [-0.2, -0.15) is 0 Å². The molecule has 3 nitrogen and oxygen atoms in total. The maximum Gasteiger partial charge on any atom is 0.123 e. The summed E-state index contributed by atoms with van der Waals surface area (Å²) >= 11 is 0. The van der Waals surface area contributed by atoms with Crippen molar-refractivity contribution in [2.24, 2.45) is 5.16 Å². The monoisotopic (exact) mass is 288 g/mol. The number of rotatable bonds is 4. The molecule has 0 aromatic heterocycles. The van der Waals surface area contributed by atoms with Crippen LogP contribution in [0.1, 0.15) is 38.2 Å². The van der Waals surface area contributed by atoms with Crippen LogP contribution in [-0.4, -0.2) is 24.9 Å². The maximum absolute atomic E-state index is 13.2. The molecule has 0 spiro atoms. The Morgan fingerprint density at radius 2 is 2.10 bits per heavy atom. The minimum absolute atomic E-state index is 0.195. The quantitative estimate of drug-likeness (QED) is 0.679. The van der Waals surface area contributed by atoms with Gasteiger partial charge in [0.1, 0.15) is 12.9 Å². The zero-order valence-electron chi connectivity index (χ0n) is 12.5. The predicted molar refractivity (Wildman–Crippen MR) is 82.6 cm³/mol. The lowest BCUT2D eigenvalue weighted by Gasteiger charge is -2.28. The molecule has 2 bridgehead atoms. The number of fused-ring (bicyclic) bond motifs is 2. The van der Waals surface area contributed by atoms with Gasteiger partial charge in [0, 0.05) is 12.1 Å². The van der Waals surface area contributed by atoms with Gasteiger partial charge in [0.15, 0.2) is 0 Å². The highest BCUT2D eigenvalue weighted by molar-refractivity contribution is 6.07. The largest absolute Gasteiger partial charge is 0.399 e. The SMILES string of the molecule is CCC(=NOC)C1=C(c2ccc(F)cc2)CC2CCC1N2. The molecule has 112 valence electrons. The van der Waals surface area contributed by atoms with Crippen LogP contribution in [0, 0.1) is 5.82 Å². The maximum atomic E-state index is 13.2. The van der Waals surface area contributed by atoms with Crippen molar-refractivity contribution in [3.63, 3.8) is 0 Å². The fraction of sp³-hybridized carbons (Fsp3) is 0.471. The number of hydrogen-bond donors (Lipinski definition) is 1. The Hall–Kier alpha value is -1.68. The first-order chi connectivity index (χ1) is 10.2. The van der Waals surface area contributed by atoms with Crippen molar-refractivity contribution in [2.75, 3.05) is 7.11 Å². The van der Waals surface area contributed by atoms with E-state index in [1.807, 2.05) is 12.1 Å². The van der Waals surface area contributed by atoms with E-state index in [1.165, 1.54) is 29.7 Å². The molecule has 2 atom stereocenters. The molecule has 1 N–H and O–H groups in total. The van der Waals surface area contributed by atoms with Gasteiger partial charge < -0.3 is 10.2 Å². The third-order valence-corrected chi connectivity index (χ3v) is 4.40. The van der Waals surface area contributed by atoms with Crippen LogP contribution >= 0.6 is 0 Å². The smallest absolute Gasteiger partial charge is 0.123 e. The van der Waals surface area contributed by atoms with Crippen LogP contribution in [0.2, 0.25) is 0 Å². The second-order valence-electron chi connectivity index (χ2n) is 5.67. The fourth-order valence-corrected chi connectivity index (χ4v) is 3.49. The van der Waals surface area contributed by atoms with E-state index >= 15 is 0 Å². The lowest BCUT2D eigenvalue weighted by Crippen LogP contribution is -2.38. The summed E-state index contributed by atoms with van der Waals surface area (Å²) in [4.78, 5) is 5.02. The lowest BCUT2D eigenvalue weighted by molar-refractivity contribution is 0.212. The van der Waals surface area contributed by atoms with Crippen molar-refractivity contribution in [1.29, 1.82) is 0 Å². The molecule has 2 heterocycles. The summed E-state index contributed by atoms with van der Waals surface area (Å²) in [5.41, 5.74) is 4.63. The molecular weight excluding hydrogens is 267 g/mol. The Balaban J connectivity index is 2.09. The number of halogens is 1. The number of benzene rings is 1. The standard InChI is InChI=1S/C17H21FN2O/c1-3-15(20-21-2)17-14(10-13-8-9-16(17)19-13)11-4-6-12(18)7-5-11/h4-7,13,16,19H,3,8-10H2,1-2H3. The highest BCUT2D eigenvalue weighted by Gasteiger charge is 2.36. The minimum Gasteiger partial charge on any atom is -0.399 e. The van der Waals surface area contributed by atoms with Crippen LogP contribution in [0.5, 0.6) is 0 Å². The molecule has 3 rings (SSSR count). The van der Waals surface area contributed by atoms with Crippen LogP contribution in [0.15, 0.2) is 35.0 Å². The van der Waals surface area contributed by atoms with Gasteiger partial charge in [-0.1, -0.05) is 24.2 Å². The van der Waals surface area contributed by atoms with E-state index in [-0.39, 0.29) is 5.82 Å². The molecule has 1 saturated heterocycles. The van der Waals surface area contributed by atoms with Crippen LogP contribution in [-0.2, 0) is 4.84 Å². The van der Waals surface area contributed by atoms with E-state index < -0.39 is 0 Å². The summed E-state index contributed by atoms with van der Waals surface area (Å²) in [5.74, 6) is -0.195. The van der Waals surface area contributed by atoms with Crippen LogP contribution in [0.25, 0.3) is 5.57 Å². The highest BCUT2D eigenvalue weighted by Crippen LogP contribution is 2.38. The second kappa shape index (κ2) is 5.98. The molecule has 0 aliphatic carbocycles. The molecule has 1 fully saturated rings. The van der Waals surface area contributed by atoms with Gasteiger partial charge in [-0.15, -0.1) is 0 Å². The van der Waals surface area contributed by atoms with Crippen LogP contribution in [0.4, 0.5) is 4.39 Å². The van der Waals surface area contributed by atoms with E-state index in [1.54, 1.807) is 7.11 Å². The number of oxime groups is 1. The molecule has 2 unspecified atom stereocenters. The number of nitrogens with zero attached hydrogens (tertiary/aromatic N) is 1. The van der Waals surface area contributed by atoms with E-state index in [0.717, 1.165) is 30.5 Å². The average molecular weight is 288 g/mol. The van der Waals surface area contributed by atoms with E-state index in [0.29, 0.717) is 12.1 Å². The van der Waals surface area contributed by atoms with Crippen molar-refractivity contribution in [3.8, 4) is 0 Å². The third-order valence-electron chi connectivity index (χ3n) is 4.40. The molecule has 0 radical (unpaired) electrons. The summed E-state index contributed by atoms with van der Waals surface area (Å²) in [6.07, 6.45) is 4.12. The molecule has 21 heavy (non-hydrogen) atoms. The molecule has 0 saturated carbocycles. The van der Waals surface area contributed by atoms with Gasteiger partial charge >= 0.3 is 0 Å². The van der Waals surface area contributed by atoms with Gasteiger partial charge in [0.25, 0.3) is 0 Å².